The molecule has 2 aliphatic heterocycles. The first-order valence-corrected chi connectivity index (χ1v) is 12.4. The summed E-state index contributed by atoms with van der Waals surface area (Å²) in [6.45, 7) is 2.44. The first kappa shape index (κ1) is 23.0. The van der Waals surface area contributed by atoms with E-state index in [1.807, 2.05) is 61.5 Å². The average Bonchev–Trinajstić information content (AvgIpc) is 3.29. The Morgan fingerprint density at radius 3 is 2.46 bits per heavy atom. The highest BCUT2D eigenvalue weighted by Crippen LogP contribution is 2.42. The van der Waals surface area contributed by atoms with E-state index in [0.29, 0.717) is 18.5 Å². The summed E-state index contributed by atoms with van der Waals surface area (Å²) in [5, 5.41) is 1.06. The van der Waals surface area contributed by atoms with Gasteiger partial charge in [0.15, 0.2) is 0 Å². The lowest BCUT2D eigenvalue weighted by molar-refractivity contribution is -0.159. The number of nitrogens with zero attached hydrogens (tertiary/aromatic N) is 2. The van der Waals surface area contributed by atoms with Crippen molar-refractivity contribution in [3.05, 3.63) is 106 Å². The maximum Gasteiger partial charge on any atom is 0.337 e. The van der Waals surface area contributed by atoms with Crippen LogP contribution in [0.15, 0.2) is 72.8 Å². The minimum Gasteiger partial charge on any atom is -0.465 e. The van der Waals surface area contributed by atoms with Crippen LogP contribution in [0.5, 0.6) is 0 Å². The van der Waals surface area contributed by atoms with E-state index in [1.54, 1.807) is 21.9 Å². The van der Waals surface area contributed by atoms with Gasteiger partial charge in [-0.25, -0.2) is 4.79 Å². The van der Waals surface area contributed by atoms with Gasteiger partial charge in [0.2, 0.25) is 11.8 Å². The van der Waals surface area contributed by atoms with E-state index >= 15 is 0 Å². The normalized spacial score (nSPS) is 19.1. The largest absolute Gasteiger partial charge is 0.465 e. The zero-order valence-electron chi connectivity index (χ0n) is 20.7. The Bertz CT molecular complexity index is 1520. The van der Waals surface area contributed by atoms with E-state index in [1.165, 1.54) is 7.11 Å². The summed E-state index contributed by atoms with van der Waals surface area (Å²) in [5.41, 5.74) is 6.35. The fourth-order valence-corrected chi connectivity index (χ4v) is 5.64. The molecule has 1 saturated heterocycles. The smallest absolute Gasteiger partial charge is 0.337 e. The molecule has 4 aromatic rings. The van der Waals surface area contributed by atoms with Gasteiger partial charge in [0.05, 0.1) is 18.7 Å². The molecule has 0 aliphatic carbocycles. The first-order valence-electron chi connectivity index (χ1n) is 12.4. The third-order valence-corrected chi connectivity index (χ3v) is 7.48. The number of para-hydroxylation sites is 1. The van der Waals surface area contributed by atoms with E-state index in [2.05, 4.69) is 11.1 Å². The molecule has 6 rings (SSSR count). The highest BCUT2D eigenvalue weighted by molar-refractivity contribution is 5.97. The number of H-pyrrole nitrogens is 1. The number of aromatic amines is 1. The predicted octanol–water partition coefficient (Wildman–Crippen LogP) is 4.15. The second-order valence-corrected chi connectivity index (χ2v) is 9.78. The van der Waals surface area contributed by atoms with E-state index < -0.39 is 18.1 Å². The summed E-state index contributed by atoms with van der Waals surface area (Å²) in [6.07, 6.45) is 0.449. The Morgan fingerprint density at radius 1 is 1.00 bits per heavy atom. The van der Waals surface area contributed by atoms with Crippen molar-refractivity contribution in [3.63, 3.8) is 0 Å². The second-order valence-electron chi connectivity index (χ2n) is 9.78. The Balaban J connectivity index is 1.42. The van der Waals surface area contributed by atoms with Crippen molar-refractivity contribution in [1.82, 2.24) is 14.8 Å². The molecule has 3 heterocycles. The number of aryl methyl sites for hydroxylation is 1. The summed E-state index contributed by atoms with van der Waals surface area (Å²) in [6, 6.07) is 22.1. The molecule has 1 unspecified atom stereocenters. The number of ether oxygens (including phenoxy) is 1. The minimum absolute atomic E-state index is 0.0233. The molecule has 0 saturated carbocycles. The molecule has 2 amide bonds. The number of fused-ring (bicyclic) bond motifs is 4. The second kappa shape index (κ2) is 8.92. The van der Waals surface area contributed by atoms with Gasteiger partial charge in [-0.15, -0.1) is 0 Å². The molecule has 1 fully saturated rings. The number of piperazine rings is 1. The molecule has 1 aromatic heterocycles. The predicted molar refractivity (Wildman–Crippen MR) is 139 cm³/mol. The molecule has 186 valence electrons. The first-order chi connectivity index (χ1) is 17.9. The van der Waals surface area contributed by atoms with E-state index in [4.69, 9.17) is 4.74 Å². The summed E-state index contributed by atoms with van der Waals surface area (Å²) in [4.78, 5) is 46.5. The Kier molecular flexibility index (Phi) is 5.56. The van der Waals surface area contributed by atoms with Gasteiger partial charge in [0.25, 0.3) is 0 Å². The topological polar surface area (TPSA) is 82.7 Å². The molecule has 1 N–H and O–H groups in total. The number of carbonyl (C=O) groups excluding carboxylic acids is 3. The Labute approximate surface area is 214 Å². The minimum atomic E-state index is -0.608. The molecule has 37 heavy (non-hydrogen) atoms. The van der Waals surface area contributed by atoms with Gasteiger partial charge in [0, 0.05) is 29.6 Å². The number of amides is 2. The molecule has 7 heteroatoms. The standard InChI is InChI=1S/C30H27N3O4/c1-18-7-9-19(10-8-18)16-32-17-26(34)33-25(29(32)35)15-23-22-5-3-4-6-24(22)31-27(23)28(33)20-11-13-21(14-12-20)30(36)37-2/h3-14,25,28,31H,15-17H2,1-2H3/t25-,28?/m0/s1. The molecule has 3 aromatic carbocycles. The molecule has 2 aliphatic rings. The number of carbonyl (C=O) groups is 3. The van der Waals surface area contributed by atoms with Crippen LogP contribution in [0, 0.1) is 6.92 Å². The lowest BCUT2D eigenvalue weighted by Crippen LogP contribution is -2.62. The van der Waals surface area contributed by atoms with Crippen LogP contribution < -0.4 is 0 Å². The van der Waals surface area contributed by atoms with Crippen molar-refractivity contribution < 1.29 is 19.1 Å². The molecule has 2 atom stereocenters. The molecule has 0 spiro atoms. The number of hydrogen-bond donors (Lipinski definition) is 1. The fourth-order valence-electron chi connectivity index (χ4n) is 5.64. The van der Waals surface area contributed by atoms with Gasteiger partial charge < -0.3 is 19.5 Å². The number of methoxy groups -OCH3 is 1. The number of aromatic nitrogens is 1. The molecule has 0 bridgehead atoms. The number of rotatable bonds is 4. The summed E-state index contributed by atoms with van der Waals surface area (Å²) in [7, 11) is 1.35. The quantitative estimate of drug-likeness (QED) is 0.433. The van der Waals surface area contributed by atoms with Crippen LogP contribution in [-0.2, 0) is 27.3 Å². The van der Waals surface area contributed by atoms with Crippen LogP contribution in [0.25, 0.3) is 10.9 Å². The van der Waals surface area contributed by atoms with Gasteiger partial charge in [-0.1, -0.05) is 60.2 Å². The van der Waals surface area contributed by atoms with E-state index in [0.717, 1.165) is 38.9 Å². The Morgan fingerprint density at radius 2 is 1.73 bits per heavy atom. The third kappa shape index (κ3) is 3.87. The zero-order valence-corrected chi connectivity index (χ0v) is 20.7. The van der Waals surface area contributed by atoms with Crippen LogP contribution in [0.4, 0.5) is 0 Å². The van der Waals surface area contributed by atoms with Crippen LogP contribution in [0.3, 0.4) is 0 Å². The van der Waals surface area contributed by atoms with Crippen molar-refractivity contribution >= 4 is 28.7 Å². The van der Waals surface area contributed by atoms with Gasteiger partial charge >= 0.3 is 5.97 Å². The maximum absolute atomic E-state index is 13.9. The maximum atomic E-state index is 13.9. The van der Waals surface area contributed by atoms with Crippen LogP contribution in [0.1, 0.15) is 44.3 Å². The average molecular weight is 494 g/mol. The molecule has 0 radical (unpaired) electrons. The Hall–Kier alpha value is -4.39. The van der Waals surface area contributed by atoms with Crippen molar-refractivity contribution in [1.29, 1.82) is 0 Å². The summed E-state index contributed by atoms with van der Waals surface area (Å²) >= 11 is 0. The van der Waals surface area contributed by atoms with Crippen LogP contribution in [-0.4, -0.2) is 52.3 Å². The van der Waals surface area contributed by atoms with E-state index in [-0.39, 0.29) is 18.4 Å². The third-order valence-electron chi connectivity index (χ3n) is 7.48. The van der Waals surface area contributed by atoms with Gasteiger partial charge in [-0.05, 0) is 41.8 Å². The van der Waals surface area contributed by atoms with Crippen molar-refractivity contribution in [2.75, 3.05) is 13.7 Å². The van der Waals surface area contributed by atoms with Gasteiger partial charge in [-0.3, -0.25) is 9.59 Å². The van der Waals surface area contributed by atoms with Crippen molar-refractivity contribution in [2.45, 2.75) is 32.0 Å². The zero-order chi connectivity index (χ0) is 25.7. The highest BCUT2D eigenvalue weighted by atomic mass is 16.5. The highest BCUT2D eigenvalue weighted by Gasteiger charge is 2.48. The SMILES string of the molecule is COC(=O)c1ccc(C2c3[nH]c4ccccc4c3C[C@H]3C(=O)N(Cc4ccc(C)cc4)CC(=O)N23)cc1. The number of hydrogen-bond acceptors (Lipinski definition) is 4. The molecular formula is C30H27N3O4. The number of esters is 1. The lowest BCUT2D eigenvalue weighted by Gasteiger charge is -2.47. The number of nitrogens with one attached hydrogen (secondary N) is 1. The van der Waals surface area contributed by atoms with Crippen LogP contribution >= 0.6 is 0 Å². The van der Waals surface area contributed by atoms with Crippen LogP contribution in [0.2, 0.25) is 0 Å². The molecular weight excluding hydrogens is 466 g/mol. The summed E-state index contributed by atoms with van der Waals surface area (Å²) < 4.78 is 4.84. The van der Waals surface area contributed by atoms with E-state index in [9.17, 15) is 14.4 Å². The number of benzene rings is 3. The van der Waals surface area contributed by atoms with Crippen molar-refractivity contribution in [2.24, 2.45) is 0 Å². The van der Waals surface area contributed by atoms with Crippen molar-refractivity contribution in [3.8, 4) is 0 Å². The lowest BCUT2D eigenvalue weighted by atomic mass is 9.86. The summed E-state index contributed by atoms with van der Waals surface area (Å²) in [5.74, 6) is -0.564. The fraction of sp³-hybridized carbons (Fsp3) is 0.233. The monoisotopic (exact) mass is 493 g/mol. The van der Waals surface area contributed by atoms with Gasteiger partial charge in [0.1, 0.15) is 12.6 Å². The van der Waals surface area contributed by atoms with Gasteiger partial charge in [-0.2, -0.15) is 0 Å². The molecule has 7 nitrogen and oxygen atoms in total.